The van der Waals surface area contributed by atoms with E-state index in [1.165, 1.54) is 6.20 Å². The molecule has 2 N–H and O–H groups in total. The van der Waals surface area contributed by atoms with Crippen molar-refractivity contribution in [3.05, 3.63) is 51.8 Å². The van der Waals surface area contributed by atoms with Crippen LogP contribution >= 0.6 is 15.9 Å². The van der Waals surface area contributed by atoms with Crippen LogP contribution in [0.15, 0.2) is 34.9 Å². The molecule has 0 atom stereocenters. The van der Waals surface area contributed by atoms with Gasteiger partial charge in [-0.3, -0.25) is 9.89 Å². The third kappa shape index (κ3) is 2.74. The highest BCUT2D eigenvalue weighted by molar-refractivity contribution is 9.10. The van der Waals surface area contributed by atoms with Crippen LogP contribution in [0.3, 0.4) is 0 Å². The Bertz CT molecular complexity index is 536. The molecule has 0 spiro atoms. The normalized spacial score (nSPS) is 10.2. The molecule has 2 aromatic rings. The number of benzene rings is 1. The van der Waals surface area contributed by atoms with Gasteiger partial charge in [0.25, 0.3) is 5.91 Å². The second-order valence-corrected chi connectivity index (χ2v) is 4.54. The van der Waals surface area contributed by atoms with Gasteiger partial charge in [-0.15, -0.1) is 0 Å². The Kier molecular flexibility index (Phi) is 3.58. The second kappa shape index (κ2) is 5.14. The predicted octanol–water partition coefficient (Wildman–Crippen LogP) is 2.41. The number of amides is 1. The molecule has 1 aromatic carbocycles. The summed E-state index contributed by atoms with van der Waals surface area (Å²) in [6, 6.07) is 7.79. The fraction of sp³-hybridized carbons (Fsp3) is 0.167. The number of hydrogen-bond acceptors (Lipinski definition) is 2. The number of nitrogens with one attached hydrogen (secondary N) is 2. The fourth-order valence-corrected chi connectivity index (χ4v) is 1.92. The number of halogens is 1. The smallest absolute Gasteiger partial charge is 0.255 e. The molecule has 2 rings (SSSR count). The van der Waals surface area contributed by atoms with E-state index >= 15 is 0 Å². The summed E-state index contributed by atoms with van der Waals surface area (Å²) < 4.78 is 0.990. The third-order valence-electron chi connectivity index (χ3n) is 2.47. The average molecular weight is 294 g/mol. The van der Waals surface area contributed by atoms with E-state index in [9.17, 15) is 4.79 Å². The van der Waals surface area contributed by atoms with Crippen LogP contribution in [-0.2, 0) is 6.54 Å². The Labute approximate surface area is 108 Å². The number of carbonyl (C=O) groups is 1. The van der Waals surface area contributed by atoms with Gasteiger partial charge in [-0.05, 0) is 18.6 Å². The van der Waals surface area contributed by atoms with Gasteiger partial charge in [0, 0.05) is 16.7 Å². The number of hydrogen-bond donors (Lipinski definition) is 2. The van der Waals surface area contributed by atoms with Gasteiger partial charge in [0.2, 0.25) is 0 Å². The molecule has 1 amide bonds. The first kappa shape index (κ1) is 11.9. The minimum atomic E-state index is -0.119. The summed E-state index contributed by atoms with van der Waals surface area (Å²) in [5.41, 5.74) is 2.40. The summed E-state index contributed by atoms with van der Waals surface area (Å²) in [6.45, 7) is 2.31. The standard InChI is InChI=1S/C12H12BrN3O/c1-8-10(7-15-16-8)12(17)14-6-9-4-2-3-5-11(9)13/h2-5,7H,6H2,1H3,(H,14,17)(H,15,16). The van der Waals surface area contributed by atoms with Crippen molar-refractivity contribution >= 4 is 21.8 Å². The highest BCUT2D eigenvalue weighted by Crippen LogP contribution is 2.15. The van der Waals surface area contributed by atoms with Gasteiger partial charge < -0.3 is 5.32 Å². The minimum absolute atomic E-state index is 0.119. The van der Waals surface area contributed by atoms with Gasteiger partial charge in [-0.2, -0.15) is 5.10 Å². The second-order valence-electron chi connectivity index (χ2n) is 3.68. The van der Waals surface area contributed by atoms with Crippen LogP contribution in [0.2, 0.25) is 0 Å². The number of H-pyrrole nitrogens is 1. The highest BCUT2D eigenvalue weighted by Gasteiger charge is 2.10. The van der Waals surface area contributed by atoms with Gasteiger partial charge in [0.05, 0.1) is 11.8 Å². The minimum Gasteiger partial charge on any atom is -0.348 e. The maximum absolute atomic E-state index is 11.8. The van der Waals surface area contributed by atoms with E-state index in [2.05, 4.69) is 31.4 Å². The Morgan fingerprint density at radius 3 is 2.88 bits per heavy atom. The Morgan fingerprint density at radius 1 is 1.47 bits per heavy atom. The highest BCUT2D eigenvalue weighted by atomic mass is 79.9. The molecule has 0 bridgehead atoms. The molecule has 1 aromatic heterocycles. The maximum Gasteiger partial charge on any atom is 0.255 e. The molecule has 0 aliphatic rings. The van der Waals surface area contributed by atoms with Crippen molar-refractivity contribution in [2.45, 2.75) is 13.5 Å². The van der Waals surface area contributed by atoms with Crippen molar-refractivity contribution in [1.82, 2.24) is 15.5 Å². The summed E-state index contributed by atoms with van der Waals surface area (Å²) in [5.74, 6) is -0.119. The molecule has 0 saturated carbocycles. The van der Waals surface area contributed by atoms with Crippen molar-refractivity contribution < 1.29 is 4.79 Å². The van der Waals surface area contributed by atoms with Crippen LogP contribution in [0.25, 0.3) is 0 Å². The summed E-state index contributed by atoms with van der Waals surface area (Å²) in [4.78, 5) is 11.8. The molecule has 1 heterocycles. The maximum atomic E-state index is 11.8. The zero-order valence-electron chi connectivity index (χ0n) is 9.33. The van der Waals surface area contributed by atoms with E-state index < -0.39 is 0 Å². The van der Waals surface area contributed by atoms with Crippen LogP contribution < -0.4 is 5.32 Å². The largest absolute Gasteiger partial charge is 0.348 e. The molecular weight excluding hydrogens is 282 g/mol. The molecule has 5 heteroatoms. The molecule has 4 nitrogen and oxygen atoms in total. The lowest BCUT2D eigenvalue weighted by atomic mass is 10.2. The van der Waals surface area contributed by atoms with Gasteiger partial charge in [0.1, 0.15) is 0 Å². The summed E-state index contributed by atoms with van der Waals surface area (Å²) in [6.07, 6.45) is 1.53. The lowest BCUT2D eigenvalue weighted by molar-refractivity contribution is 0.0950. The number of aryl methyl sites for hydroxylation is 1. The molecule has 0 aliphatic carbocycles. The summed E-state index contributed by atoms with van der Waals surface area (Å²) in [7, 11) is 0. The number of rotatable bonds is 3. The van der Waals surface area contributed by atoms with E-state index in [4.69, 9.17) is 0 Å². The lowest BCUT2D eigenvalue weighted by Crippen LogP contribution is -2.23. The van der Waals surface area contributed by atoms with Crippen molar-refractivity contribution in [1.29, 1.82) is 0 Å². The first-order valence-corrected chi connectivity index (χ1v) is 5.99. The Balaban J connectivity index is 2.02. The van der Waals surface area contributed by atoms with Gasteiger partial charge >= 0.3 is 0 Å². The van der Waals surface area contributed by atoms with Crippen molar-refractivity contribution in [2.24, 2.45) is 0 Å². The predicted molar refractivity (Wildman–Crippen MR) is 68.6 cm³/mol. The van der Waals surface area contributed by atoms with Gasteiger partial charge in [-0.1, -0.05) is 34.1 Å². The van der Waals surface area contributed by atoms with Crippen LogP contribution in [-0.4, -0.2) is 16.1 Å². The molecule has 88 valence electrons. The number of nitrogens with zero attached hydrogens (tertiary/aromatic N) is 1. The summed E-state index contributed by atoms with van der Waals surface area (Å²) >= 11 is 3.44. The third-order valence-corrected chi connectivity index (χ3v) is 3.25. The number of aromatic nitrogens is 2. The molecule has 17 heavy (non-hydrogen) atoms. The zero-order chi connectivity index (χ0) is 12.3. The fourth-order valence-electron chi connectivity index (χ4n) is 1.49. The van der Waals surface area contributed by atoms with E-state index in [-0.39, 0.29) is 5.91 Å². The van der Waals surface area contributed by atoms with Gasteiger partial charge in [-0.25, -0.2) is 0 Å². The van der Waals surface area contributed by atoms with Crippen LogP contribution in [0, 0.1) is 6.92 Å². The molecule has 0 saturated heterocycles. The topological polar surface area (TPSA) is 57.8 Å². The Hall–Kier alpha value is -1.62. The van der Waals surface area contributed by atoms with E-state index in [1.54, 1.807) is 0 Å². The van der Waals surface area contributed by atoms with Crippen molar-refractivity contribution in [2.75, 3.05) is 0 Å². The number of carbonyl (C=O) groups excluding carboxylic acids is 1. The van der Waals surface area contributed by atoms with Gasteiger partial charge in [0.15, 0.2) is 0 Å². The van der Waals surface area contributed by atoms with Crippen LogP contribution in [0.4, 0.5) is 0 Å². The molecular formula is C12H12BrN3O. The molecule has 0 aliphatic heterocycles. The van der Waals surface area contributed by atoms with Crippen molar-refractivity contribution in [3.63, 3.8) is 0 Å². The monoisotopic (exact) mass is 293 g/mol. The average Bonchev–Trinajstić information content (AvgIpc) is 2.74. The molecule has 0 radical (unpaired) electrons. The quantitative estimate of drug-likeness (QED) is 0.913. The summed E-state index contributed by atoms with van der Waals surface area (Å²) in [5, 5.41) is 9.41. The van der Waals surface area contributed by atoms with E-state index in [0.29, 0.717) is 12.1 Å². The Morgan fingerprint density at radius 2 is 2.24 bits per heavy atom. The number of aromatic amines is 1. The first-order valence-electron chi connectivity index (χ1n) is 5.20. The molecule has 0 unspecified atom stereocenters. The van der Waals surface area contributed by atoms with Crippen molar-refractivity contribution in [3.8, 4) is 0 Å². The van der Waals surface area contributed by atoms with Crippen LogP contribution in [0.5, 0.6) is 0 Å². The van der Waals surface area contributed by atoms with E-state index in [0.717, 1.165) is 15.7 Å². The first-order chi connectivity index (χ1) is 8.18. The zero-order valence-corrected chi connectivity index (χ0v) is 10.9. The molecule has 0 fully saturated rings. The lowest BCUT2D eigenvalue weighted by Gasteiger charge is -2.06. The van der Waals surface area contributed by atoms with E-state index in [1.807, 2.05) is 31.2 Å². The van der Waals surface area contributed by atoms with Crippen LogP contribution in [0.1, 0.15) is 21.6 Å². The SMILES string of the molecule is Cc1[nH]ncc1C(=O)NCc1ccccc1Br.